The number of amidine groups is 2. The van der Waals surface area contributed by atoms with Crippen LogP contribution in [-0.2, 0) is 10.8 Å². The quantitative estimate of drug-likeness (QED) is 0.276. The molecule has 256 valence electrons. The van der Waals surface area contributed by atoms with E-state index in [1.807, 2.05) is 0 Å². The van der Waals surface area contributed by atoms with E-state index in [4.69, 9.17) is 9.98 Å². The number of nitrogens with one attached hydrogen (secondary N) is 1. The first-order valence-corrected chi connectivity index (χ1v) is 19.8. The second-order valence-corrected chi connectivity index (χ2v) is 16.6. The Bertz CT molecular complexity index is 2140. The highest BCUT2D eigenvalue weighted by molar-refractivity contribution is 6.05. The summed E-state index contributed by atoms with van der Waals surface area (Å²) in [5.74, 6) is 2.78. The van der Waals surface area contributed by atoms with E-state index in [0.29, 0.717) is 5.92 Å². The van der Waals surface area contributed by atoms with Crippen LogP contribution >= 0.6 is 0 Å². The summed E-state index contributed by atoms with van der Waals surface area (Å²) in [6, 6.07) is 21.8. The standard InChI is InChI=1S/C48H49N3/c1-47(2)40-22-11-10-21-36(40)38-29-39-37-24-23-34(28-42(37)48(25-12-5-13-26-48)43(39)30-41(38)47)33-19-14-20-35(27-33)46-50-44(31-15-6-3-7-16-31)49-45(51-46)32-17-8-4-9-18-32/h3,6-8,10-11,15,17,20-24,27-32,46H,4-5,9,12-14,16,18-19,25-26H2,1-2H3,(H,49,50,51). The van der Waals surface area contributed by atoms with E-state index in [-0.39, 0.29) is 22.9 Å². The van der Waals surface area contributed by atoms with Gasteiger partial charge in [0.25, 0.3) is 0 Å². The number of fused-ring (bicyclic) bond motifs is 8. The Labute approximate surface area is 303 Å². The van der Waals surface area contributed by atoms with Gasteiger partial charge in [-0.15, -0.1) is 0 Å². The Morgan fingerprint density at radius 1 is 0.686 bits per heavy atom. The summed E-state index contributed by atoms with van der Waals surface area (Å²) in [6.07, 6.45) is 31.2. The molecule has 7 aliphatic rings. The van der Waals surface area contributed by atoms with Crippen LogP contribution in [0.2, 0.25) is 0 Å². The van der Waals surface area contributed by atoms with Gasteiger partial charge in [0.05, 0.1) is 0 Å². The third kappa shape index (κ3) is 4.98. The molecule has 10 rings (SSSR count). The second-order valence-electron chi connectivity index (χ2n) is 16.6. The average Bonchev–Trinajstić information content (AvgIpc) is 3.58. The fourth-order valence-electron chi connectivity index (χ4n) is 10.6. The zero-order valence-electron chi connectivity index (χ0n) is 30.2. The second kappa shape index (κ2) is 12.0. The molecule has 3 atom stereocenters. The summed E-state index contributed by atoms with van der Waals surface area (Å²) in [5.41, 5.74) is 16.1. The Morgan fingerprint density at radius 3 is 2.31 bits per heavy atom. The number of benzene rings is 3. The Kier molecular flexibility index (Phi) is 7.38. The fraction of sp³-hybridized carbons (Fsp3) is 0.375. The molecule has 3 aromatic carbocycles. The lowest BCUT2D eigenvalue weighted by Gasteiger charge is -2.37. The predicted octanol–water partition coefficient (Wildman–Crippen LogP) is 11.5. The molecule has 1 heterocycles. The molecule has 1 saturated carbocycles. The molecule has 0 bridgehead atoms. The molecule has 0 radical (unpaired) electrons. The number of hydrogen-bond acceptors (Lipinski definition) is 3. The smallest absolute Gasteiger partial charge is 0.168 e. The molecule has 1 spiro atoms. The molecule has 1 aliphatic heterocycles. The van der Waals surface area contributed by atoms with E-state index in [1.165, 1.54) is 95.0 Å². The van der Waals surface area contributed by atoms with E-state index in [1.54, 1.807) is 11.1 Å². The summed E-state index contributed by atoms with van der Waals surface area (Å²) in [6.45, 7) is 4.85. The molecule has 3 unspecified atom stereocenters. The van der Waals surface area contributed by atoms with Crippen LogP contribution in [0, 0.1) is 11.8 Å². The minimum atomic E-state index is -0.196. The molecule has 0 aromatic heterocycles. The van der Waals surface area contributed by atoms with Crippen LogP contribution in [0.4, 0.5) is 0 Å². The van der Waals surface area contributed by atoms with Crippen LogP contribution in [0.25, 0.3) is 27.8 Å². The van der Waals surface area contributed by atoms with Crippen molar-refractivity contribution in [1.82, 2.24) is 5.32 Å². The van der Waals surface area contributed by atoms with Gasteiger partial charge in [-0.25, -0.2) is 9.98 Å². The molecule has 6 aliphatic carbocycles. The predicted molar refractivity (Wildman–Crippen MR) is 213 cm³/mol. The summed E-state index contributed by atoms with van der Waals surface area (Å²) in [4.78, 5) is 10.6. The minimum absolute atomic E-state index is 0.0168. The van der Waals surface area contributed by atoms with Crippen LogP contribution in [0.15, 0.2) is 119 Å². The molecular weight excluding hydrogens is 619 g/mol. The third-order valence-corrected chi connectivity index (χ3v) is 13.3. The Balaban J connectivity index is 1.04. The molecule has 0 amide bonds. The van der Waals surface area contributed by atoms with Crippen molar-refractivity contribution in [2.75, 3.05) is 0 Å². The van der Waals surface area contributed by atoms with Crippen molar-refractivity contribution in [3.63, 3.8) is 0 Å². The van der Waals surface area contributed by atoms with E-state index in [9.17, 15) is 0 Å². The van der Waals surface area contributed by atoms with Crippen molar-refractivity contribution in [1.29, 1.82) is 0 Å². The summed E-state index contributed by atoms with van der Waals surface area (Å²) < 4.78 is 0. The van der Waals surface area contributed by atoms with Crippen LogP contribution < -0.4 is 5.32 Å². The van der Waals surface area contributed by atoms with Crippen molar-refractivity contribution >= 4 is 17.2 Å². The molecule has 3 aromatic rings. The van der Waals surface area contributed by atoms with Gasteiger partial charge < -0.3 is 5.32 Å². The van der Waals surface area contributed by atoms with Gasteiger partial charge in [0.15, 0.2) is 6.17 Å². The lowest BCUT2D eigenvalue weighted by atomic mass is 9.66. The first kappa shape index (κ1) is 31.3. The first-order valence-electron chi connectivity index (χ1n) is 19.8. The number of allylic oxidation sites excluding steroid dienone is 6. The van der Waals surface area contributed by atoms with Crippen molar-refractivity contribution in [3.8, 4) is 22.3 Å². The molecule has 0 saturated heterocycles. The van der Waals surface area contributed by atoms with E-state index in [2.05, 4.69) is 122 Å². The van der Waals surface area contributed by atoms with Gasteiger partial charge in [0, 0.05) is 22.7 Å². The first-order chi connectivity index (χ1) is 25.0. The zero-order chi connectivity index (χ0) is 34.2. The highest BCUT2D eigenvalue weighted by Crippen LogP contribution is 2.60. The van der Waals surface area contributed by atoms with E-state index < -0.39 is 0 Å². The highest BCUT2D eigenvalue weighted by atomic mass is 15.2. The zero-order valence-corrected chi connectivity index (χ0v) is 30.2. The van der Waals surface area contributed by atoms with Gasteiger partial charge >= 0.3 is 0 Å². The lowest BCUT2D eigenvalue weighted by Crippen LogP contribution is -2.44. The monoisotopic (exact) mass is 667 g/mol. The van der Waals surface area contributed by atoms with Gasteiger partial charge in [-0.1, -0.05) is 124 Å². The SMILES string of the molecule is CC1(C)c2ccccc2-c2cc3c(cc21)C1(CCCCC1)c1cc(C2=CC(C4N=C(C5C=CC=CC5)NC(C5C=CCCC5)=N4)=CCC2)ccc1-3. The molecule has 51 heavy (non-hydrogen) atoms. The maximum atomic E-state index is 5.33. The van der Waals surface area contributed by atoms with Gasteiger partial charge in [-0.2, -0.15) is 0 Å². The largest absolute Gasteiger partial charge is 0.331 e. The average molecular weight is 668 g/mol. The number of rotatable bonds is 4. The van der Waals surface area contributed by atoms with Crippen LogP contribution in [-0.4, -0.2) is 17.8 Å². The van der Waals surface area contributed by atoms with Gasteiger partial charge in [0.2, 0.25) is 0 Å². The highest BCUT2D eigenvalue weighted by Gasteiger charge is 2.46. The number of aliphatic imine (C=N–C) groups is 2. The summed E-state index contributed by atoms with van der Waals surface area (Å²) in [7, 11) is 0. The summed E-state index contributed by atoms with van der Waals surface area (Å²) in [5, 5.41) is 3.72. The van der Waals surface area contributed by atoms with E-state index >= 15 is 0 Å². The van der Waals surface area contributed by atoms with Crippen LogP contribution in [0.5, 0.6) is 0 Å². The Hall–Kier alpha value is -4.50. The molecule has 1 fully saturated rings. The normalized spacial score (nSPS) is 26.3. The van der Waals surface area contributed by atoms with Crippen molar-refractivity contribution < 1.29 is 0 Å². The fourth-order valence-corrected chi connectivity index (χ4v) is 10.6. The van der Waals surface area contributed by atoms with Crippen LogP contribution in [0.1, 0.15) is 112 Å². The lowest BCUT2D eigenvalue weighted by molar-refractivity contribution is 0.352. The van der Waals surface area contributed by atoms with Gasteiger partial charge in [-0.05, 0) is 125 Å². The van der Waals surface area contributed by atoms with Crippen LogP contribution in [0.3, 0.4) is 0 Å². The Morgan fingerprint density at radius 2 is 1.49 bits per heavy atom. The molecular formula is C48H49N3. The van der Waals surface area contributed by atoms with Gasteiger partial charge in [0.1, 0.15) is 11.7 Å². The van der Waals surface area contributed by atoms with E-state index in [0.717, 1.165) is 37.4 Å². The van der Waals surface area contributed by atoms with Gasteiger partial charge in [-0.3, -0.25) is 0 Å². The third-order valence-electron chi connectivity index (χ3n) is 13.3. The molecule has 3 heteroatoms. The molecule has 3 nitrogen and oxygen atoms in total. The topological polar surface area (TPSA) is 36.8 Å². The maximum absolute atomic E-state index is 5.33. The van der Waals surface area contributed by atoms with Crippen molar-refractivity contribution in [2.45, 2.75) is 101 Å². The maximum Gasteiger partial charge on any atom is 0.168 e. The number of nitrogens with zero attached hydrogens (tertiary/aromatic N) is 2. The number of hydrogen-bond donors (Lipinski definition) is 1. The van der Waals surface area contributed by atoms with Crippen molar-refractivity contribution in [3.05, 3.63) is 137 Å². The molecule has 1 N–H and O–H groups in total. The summed E-state index contributed by atoms with van der Waals surface area (Å²) >= 11 is 0. The van der Waals surface area contributed by atoms with Crippen molar-refractivity contribution in [2.24, 2.45) is 21.8 Å². The minimum Gasteiger partial charge on any atom is -0.331 e.